The molecule has 0 aliphatic carbocycles. The number of carbonyl (C=O) groups excluding carboxylic acids is 2. The van der Waals surface area contributed by atoms with Gasteiger partial charge in [-0.1, -0.05) is 30.3 Å². The van der Waals surface area contributed by atoms with Crippen molar-refractivity contribution in [3.05, 3.63) is 63.7 Å². The number of aromatic nitrogens is 2. The smallest absolute Gasteiger partial charge is 0.272 e. The zero-order valence-electron chi connectivity index (χ0n) is 19.0. The summed E-state index contributed by atoms with van der Waals surface area (Å²) in [5, 5.41) is 6.65. The molecule has 2 N–H and O–H groups in total. The molecule has 176 valence electrons. The van der Waals surface area contributed by atoms with Crippen LogP contribution in [0.1, 0.15) is 39.4 Å². The van der Waals surface area contributed by atoms with Crippen molar-refractivity contribution in [2.45, 2.75) is 32.4 Å². The largest absolute Gasteiger partial charge is 0.493 e. The number of ketones is 1. The Balaban J connectivity index is 0.00000306. The van der Waals surface area contributed by atoms with Crippen molar-refractivity contribution >= 4 is 35.0 Å². The van der Waals surface area contributed by atoms with E-state index in [0.29, 0.717) is 27.9 Å². The fourth-order valence-corrected chi connectivity index (χ4v) is 4.35. The zero-order valence-corrected chi connectivity index (χ0v) is 19.8. The number of nitrogens with zero attached hydrogens (tertiary/aromatic N) is 2. The molecule has 0 saturated carbocycles. The van der Waals surface area contributed by atoms with E-state index in [1.807, 2.05) is 12.1 Å². The highest BCUT2D eigenvalue weighted by atomic mass is 35.5. The minimum atomic E-state index is -0.349. The number of hydrogen-bond acceptors (Lipinski definition) is 5. The lowest BCUT2D eigenvalue weighted by molar-refractivity contribution is 0.0917. The van der Waals surface area contributed by atoms with Crippen LogP contribution in [0.25, 0.3) is 10.9 Å². The maximum Gasteiger partial charge on any atom is 0.272 e. The van der Waals surface area contributed by atoms with Crippen LogP contribution in [0.4, 0.5) is 0 Å². The Bertz CT molecular complexity index is 1230. The first kappa shape index (κ1) is 24.5. The Kier molecular flexibility index (Phi) is 7.61. The molecule has 1 aliphatic rings. The highest BCUT2D eigenvalue weighted by molar-refractivity contribution is 6.04. The molecule has 0 atom stereocenters. The van der Waals surface area contributed by atoms with Crippen molar-refractivity contribution in [1.29, 1.82) is 0 Å². The number of halogens is 1. The minimum Gasteiger partial charge on any atom is -0.493 e. The predicted molar refractivity (Wildman–Crippen MR) is 130 cm³/mol. The van der Waals surface area contributed by atoms with Gasteiger partial charge in [-0.3, -0.25) is 14.4 Å². The van der Waals surface area contributed by atoms with Gasteiger partial charge in [-0.15, -0.1) is 12.4 Å². The van der Waals surface area contributed by atoms with E-state index in [2.05, 4.69) is 10.6 Å². The Morgan fingerprint density at radius 3 is 2.48 bits per heavy atom. The van der Waals surface area contributed by atoms with Crippen molar-refractivity contribution in [3.63, 3.8) is 0 Å². The number of ether oxygens (including phenoxy) is 1. The summed E-state index contributed by atoms with van der Waals surface area (Å²) in [4.78, 5) is 39.3. The molecular weight excluding hydrogens is 444 g/mol. The number of methoxy groups -OCH3 is 1. The van der Waals surface area contributed by atoms with E-state index in [0.717, 1.165) is 25.9 Å². The summed E-state index contributed by atoms with van der Waals surface area (Å²) in [5.74, 6) is -0.190. The van der Waals surface area contributed by atoms with Crippen LogP contribution in [0.3, 0.4) is 0 Å². The molecule has 1 fully saturated rings. The summed E-state index contributed by atoms with van der Waals surface area (Å²) in [6, 6.07) is 10.8. The molecule has 33 heavy (non-hydrogen) atoms. The molecule has 1 saturated heterocycles. The molecule has 0 unspecified atom stereocenters. The van der Waals surface area contributed by atoms with Gasteiger partial charge in [-0.05, 0) is 38.9 Å². The third-order valence-electron chi connectivity index (χ3n) is 6.12. The number of Topliss-reactive ketones (excluding diaryl/α,β-unsaturated/α-hetero) is 1. The van der Waals surface area contributed by atoms with Gasteiger partial charge >= 0.3 is 0 Å². The molecule has 3 aromatic rings. The molecule has 9 heteroatoms. The Morgan fingerprint density at radius 1 is 1.18 bits per heavy atom. The van der Waals surface area contributed by atoms with E-state index in [9.17, 15) is 14.4 Å². The molecular formula is C24H29ClN4O4. The third-order valence-corrected chi connectivity index (χ3v) is 6.12. The predicted octanol–water partition coefficient (Wildman–Crippen LogP) is 2.44. The van der Waals surface area contributed by atoms with Crippen LogP contribution < -0.4 is 20.9 Å². The van der Waals surface area contributed by atoms with Crippen LogP contribution in [0.15, 0.2) is 41.2 Å². The van der Waals surface area contributed by atoms with Crippen LogP contribution in [-0.4, -0.2) is 47.1 Å². The van der Waals surface area contributed by atoms with E-state index in [1.54, 1.807) is 42.8 Å². The van der Waals surface area contributed by atoms with Gasteiger partial charge in [0.1, 0.15) is 5.39 Å². The lowest BCUT2D eigenvalue weighted by atomic mass is 10.1. The lowest BCUT2D eigenvalue weighted by Crippen LogP contribution is -2.43. The number of benzene rings is 1. The second kappa shape index (κ2) is 10.2. The summed E-state index contributed by atoms with van der Waals surface area (Å²) in [6.45, 7) is 3.42. The monoisotopic (exact) mass is 472 g/mol. The zero-order chi connectivity index (χ0) is 22.8. The van der Waals surface area contributed by atoms with Gasteiger partial charge in [-0.25, -0.2) is 0 Å². The highest BCUT2D eigenvalue weighted by Crippen LogP contribution is 2.31. The number of piperidine rings is 1. The van der Waals surface area contributed by atoms with Gasteiger partial charge in [0.05, 0.1) is 19.2 Å². The first-order valence-electron chi connectivity index (χ1n) is 10.8. The summed E-state index contributed by atoms with van der Waals surface area (Å²) >= 11 is 0. The van der Waals surface area contributed by atoms with Crippen LogP contribution in [0.2, 0.25) is 0 Å². The highest BCUT2D eigenvalue weighted by Gasteiger charge is 2.27. The second-order valence-corrected chi connectivity index (χ2v) is 8.17. The number of nitrogens with one attached hydrogen (secondary N) is 2. The summed E-state index contributed by atoms with van der Waals surface area (Å²) < 4.78 is 8.70. The van der Waals surface area contributed by atoms with Crippen molar-refractivity contribution < 1.29 is 14.3 Å². The SMILES string of the molecule is COc1c(C(=O)NC2CCNCC2)n(C)c2cc(C)n(CC(=O)c3ccccc3)c(=O)c12.Cl. The topological polar surface area (TPSA) is 94.4 Å². The quantitative estimate of drug-likeness (QED) is 0.537. The van der Waals surface area contributed by atoms with Crippen LogP contribution in [-0.2, 0) is 13.6 Å². The minimum absolute atomic E-state index is 0. The lowest BCUT2D eigenvalue weighted by Gasteiger charge is -2.23. The maximum atomic E-state index is 13.5. The summed E-state index contributed by atoms with van der Waals surface area (Å²) in [6.07, 6.45) is 1.71. The molecule has 0 bridgehead atoms. The van der Waals surface area contributed by atoms with Crippen molar-refractivity contribution in [2.24, 2.45) is 7.05 Å². The average Bonchev–Trinajstić information content (AvgIpc) is 3.09. The van der Waals surface area contributed by atoms with E-state index in [-0.39, 0.29) is 48.0 Å². The van der Waals surface area contributed by atoms with E-state index in [4.69, 9.17) is 4.74 Å². The van der Waals surface area contributed by atoms with Crippen LogP contribution >= 0.6 is 12.4 Å². The van der Waals surface area contributed by atoms with Gasteiger partial charge in [0.25, 0.3) is 11.5 Å². The third kappa shape index (κ3) is 4.67. The van der Waals surface area contributed by atoms with Crippen molar-refractivity contribution in [3.8, 4) is 5.75 Å². The molecule has 0 radical (unpaired) electrons. The van der Waals surface area contributed by atoms with Gasteiger partial charge in [0.15, 0.2) is 17.2 Å². The van der Waals surface area contributed by atoms with Crippen molar-refractivity contribution in [2.75, 3.05) is 20.2 Å². The van der Waals surface area contributed by atoms with Gasteiger partial charge in [0.2, 0.25) is 0 Å². The Hall–Kier alpha value is -3.10. The van der Waals surface area contributed by atoms with Crippen LogP contribution in [0, 0.1) is 6.92 Å². The summed E-state index contributed by atoms with van der Waals surface area (Å²) in [5.41, 5.74) is 1.74. The number of pyridine rings is 1. The van der Waals surface area contributed by atoms with Gasteiger partial charge < -0.3 is 24.5 Å². The van der Waals surface area contributed by atoms with Crippen LogP contribution in [0.5, 0.6) is 5.75 Å². The number of carbonyl (C=O) groups is 2. The number of hydrogen-bond donors (Lipinski definition) is 2. The number of aryl methyl sites for hydroxylation is 2. The fourth-order valence-electron chi connectivity index (χ4n) is 4.35. The number of amides is 1. The van der Waals surface area contributed by atoms with E-state index >= 15 is 0 Å². The molecule has 4 rings (SSSR count). The van der Waals surface area contributed by atoms with Crippen molar-refractivity contribution in [1.82, 2.24) is 19.8 Å². The molecule has 8 nitrogen and oxygen atoms in total. The average molecular weight is 473 g/mol. The Morgan fingerprint density at radius 2 is 1.85 bits per heavy atom. The van der Waals surface area contributed by atoms with E-state index in [1.165, 1.54) is 11.7 Å². The standard InChI is InChI=1S/C24H28N4O4.ClH/c1-15-13-18-20(24(31)28(15)14-19(29)16-7-5-4-6-8-16)22(32-3)21(27(18)2)23(30)26-17-9-11-25-12-10-17;/h4-8,13,17,25H,9-12,14H2,1-3H3,(H,26,30);1H. The first-order chi connectivity index (χ1) is 15.4. The van der Waals surface area contributed by atoms with Gasteiger partial charge in [0, 0.05) is 24.3 Å². The second-order valence-electron chi connectivity index (χ2n) is 8.17. The molecule has 1 amide bonds. The first-order valence-corrected chi connectivity index (χ1v) is 10.8. The summed E-state index contributed by atoms with van der Waals surface area (Å²) in [7, 11) is 3.20. The Labute approximate surface area is 198 Å². The normalized spacial score (nSPS) is 14.0. The molecule has 1 aliphatic heterocycles. The fraction of sp³-hybridized carbons (Fsp3) is 0.375. The van der Waals surface area contributed by atoms with Gasteiger partial charge in [-0.2, -0.15) is 0 Å². The number of fused-ring (bicyclic) bond motifs is 1. The maximum absolute atomic E-state index is 13.5. The molecule has 2 aromatic heterocycles. The van der Waals surface area contributed by atoms with E-state index < -0.39 is 0 Å². The molecule has 0 spiro atoms. The number of rotatable bonds is 6. The molecule has 3 heterocycles. The molecule has 1 aromatic carbocycles.